The van der Waals surface area contributed by atoms with E-state index in [0.29, 0.717) is 28.1 Å². The molecule has 176 valence electrons. The van der Waals surface area contributed by atoms with Crippen molar-refractivity contribution in [2.75, 3.05) is 7.11 Å². The fourth-order valence-corrected chi connectivity index (χ4v) is 10.5. The first-order chi connectivity index (χ1) is 14.2. The first-order valence-corrected chi connectivity index (χ1v) is 12.6. The highest BCUT2D eigenvalue weighted by molar-refractivity contribution is 7.59. The number of aliphatic hydroxyl groups excluding tert-OH is 1. The third-order valence-electron chi connectivity index (χ3n) is 12.0. The number of carbonyl (C=O) groups excluding carboxylic acids is 1. The highest BCUT2D eigenvalue weighted by Crippen LogP contribution is 2.87. The van der Waals surface area contributed by atoms with Gasteiger partial charge in [0.05, 0.1) is 19.3 Å². The summed E-state index contributed by atoms with van der Waals surface area (Å²) in [7, 11) is 1.48. The van der Waals surface area contributed by atoms with Gasteiger partial charge < -0.3 is 14.6 Å². The molecule has 1 aliphatic heterocycles. The van der Waals surface area contributed by atoms with E-state index in [1.807, 2.05) is 0 Å². The van der Waals surface area contributed by atoms with Gasteiger partial charge in [-0.15, -0.1) is 0 Å². The molecule has 0 aromatic carbocycles. The number of aliphatic hydroxyl groups is 1. The zero-order chi connectivity index (χ0) is 21.1. The zero-order valence-corrected chi connectivity index (χ0v) is 20.8. The van der Waals surface area contributed by atoms with Crippen molar-refractivity contribution in [2.45, 2.75) is 103 Å². The van der Waals surface area contributed by atoms with Gasteiger partial charge in [0.2, 0.25) is 0 Å². The number of ether oxygens (including phenoxy) is 2. The summed E-state index contributed by atoms with van der Waals surface area (Å²) in [6, 6.07) is 0. The van der Waals surface area contributed by atoms with Gasteiger partial charge in [0.25, 0.3) is 0 Å². The maximum atomic E-state index is 12.1. The molecule has 5 saturated carbocycles. The molecule has 4 nitrogen and oxygen atoms in total. The van der Waals surface area contributed by atoms with Crippen molar-refractivity contribution < 1.29 is 19.4 Å². The summed E-state index contributed by atoms with van der Waals surface area (Å²) < 4.78 is 11.4. The molecule has 1 heterocycles. The standard InChI is InChI=1S/C26H40O4.H2S/c1-23(2)20-8-6-15-17-13-19-16(5-7-18(30-19)22(28)29-4)24(17,3)11-12-25(15)14-26(20,25)10-9-21(23)27;/h15-21,27H,5-14H2,1-4H3;1H2/t15?,16?,17?,18?,19?,20?,21-,24+,25-,26?;/m0./s1. The van der Waals surface area contributed by atoms with Gasteiger partial charge in [0, 0.05) is 0 Å². The third-order valence-corrected chi connectivity index (χ3v) is 12.0. The van der Waals surface area contributed by atoms with Gasteiger partial charge in [0.15, 0.2) is 6.10 Å². The summed E-state index contributed by atoms with van der Waals surface area (Å²) in [6.07, 6.45) is 11.9. The second kappa shape index (κ2) is 6.88. The summed E-state index contributed by atoms with van der Waals surface area (Å²) in [4.78, 5) is 12.1. The molecule has 1 saturated heterocycles. The second-order valence-corrected chi connectivity index (χ2v) is 12.8. The monoisotopic (exact) mass is 450 g/mol. The van der Waals surface area contributed by atoms with Gasteiger partial charge in [-0.1, -0.05) is 20.8 Å². The van der Waals surface area contributed by atoms with E-state index in [1.165, 1.54) is 45.6 Å². The molecule has 6 aliphatic rings. The predicted molar refractivity (Wildman–Crippen MR) is 124 cm³/mol. The molecule has 5 aliphatic carbocycles. The number of methoxy groups -OCH3 is 1. The van der Waals surface area contributed by atoms with Crippen molar-refractivity contribution in [1.82, 2.24) is 0 Å². The van der Waals surface area contributed by atoms with E-state index >= 15 is 0 Å². The Morgan fingerprint density at radius 2 is 1.68 bits per heavy atom. The van der Waals surface area contributed by atoms with Gasteiger partial charge >= 0.3 is 5.97 Å². The van der Waals surface area contributed by atoms with E-state index in [9.17, 15) is 9.90 Å². The van der Waals surface area contributed by atoms with Gasteiger partial charge in [-0.3, -0.25) is 0 Å². The van der Waals surface area contributed by atoms with Crippen LogP contribution in [0.5, 0.6) is 0 Å². The Balaban J connectivity index is 0.00000204. The molecule has 0 bridgehead atoms. The summed E-state index contributed by atoms with van der Waals surface area (Å²) >= 11 is 0. The Kier molecular flexibility index (Phi) is 5.00. The Morgan fingerprint density at radius 1 is 0.935 bits per heavy atom. The van der Waals surface area contributed by atoms with Crippen molar-refractivity contribution in [3.8, 4) is 0 Å². The Bertz CT molecular complexity index is 769. The van der Waals surface area contributed by atoms with Gasteiger partial charge in [-0.25, -0.2) is 4.79 Å². The number of hydrogen-bond acceptors (Lipinski definition) is 4. The SMILES string of the molecule is COC(=O)C1CCC2C(CC3C4CCC5C(C)(C)[C@@H](O)CCC56C[C@@]46CC[C@]23C)O1.S. The normalized spacial score (nSPS) is 56.0. The summed E-state index contributed by atoms with van der Waals surface area (Å²) in [6.45, 7) is 7.24. The molecule has 0 amide bonds. The molecule has 6 rings (SSSR count). The van der Waals surface area contributed by atoms with Crippen LogP contribution in [0, 0.1) is 45.3 Å². The van der Waals surface area contributed by atoms with Crippen LogP contribution in [0.15, 0.2) is 0 Å². The van der Waals surface area contributed by atoms with Crippen LogP contribution in [0.1, 0.15) is 85.0 Å². The first-order valence-electron chi connectivity index (χ1n) is 12.6. The molecule has 1 N–H and O–H groups in total. The topological polar surface area (TPSA) is 55.8 Å². The van der Waals surface area contributed by atoms with E-state index in [-0.39, 0.29) is 43.2 Å². The average molecular weight is 451 g/mol. The molecule has 31 heavy (non-hydrogen) atoms. The average Bonchev–Trinajstić information content (AvgIpc) is 3.31. The minimum Gasteiger partial charge on any atom is -0.467 e. The largest absolute Gasteiger partial charge is 0.467 e. The maximum absolute atomic E-state index is 12.1. The molecular formula is C26H42O4S. The van der Waals surface area contributed by atoms with Crippen LogP contribution in [0.3, 0.4) is 0 Å². The van der Waals surface area contributed by atoms with Crippen molar-refractivity contribution in [3.63, 3.8) is 0 Å². The fourth-order valence-electron chi connectivity index (χ4n) is 10.5. The molecule has 0 aromatic heterocycles. The van der Waals surface area contributed by atoms with Crippen molar-refractivity contribution in [2.24, 2.45) is 45.3 Å². The van der Waals surface area contributed by atoms with Crippen LogP contribution in [-0.2, 0) is 14.3 Å². The number of carbonyl (C=O) groups is 1. The van der Waals surface area contributed by atoms with E-state index < -0.39 is 0 Å². The lowest BCUT2D eigenvalue weighted by molar-refractivity contribution is -0.168. The molecule has 5 heteroatoms. The van der Waals surface area contributed by atoms with Crippen LogP contribution in [0.4, 0.5) is 0 Å². The second-order valence-electron chi connectivity index (χ2n) is 12.8. The highest BCUT2D eigenvalue weighted by Gasteiger charge is 2.80. The van der Waals surface area contributed by atoms with Crippen molar-refractivity contribution in [1.29, 1.82) is 0 Å². The molecule has 7 unspecified atom stereocenters. The molecule has 0 radical (unpaired) electrons. The summed E-state index contributed by atoms with van der Waals surface area (Å²) in [5, 5.41) is 10.8. The van der Waals surface area contributed by atoms with Crippen LogP contribution in [0.25, 0.3) is 0 Å². The number of hydrogen-bond donors (Lipinski definition) is 1. The predicted octanol–water partition coefficient (Wildman–Crippen LogP) is 4.84. The Labute approximate surface area is 194 Å². The van der Waals surface area contributed by atoms with Crippen LogP contribution in [-0.4, -0.2) is 36.5 Å². The summed E-state index contributed by atoms with van der Waals surface area (Å²) in [5.74, 6) is 2.68. The minimum absolute atomic E-state index is 0. The highest BCUT2D eigenvalue weighted by atomic mass is 32.1. The molecule has 2 spiro atoms. The maximum Gasteiger partial charge on any atom is 0.334 e. The molecule has 10 atom stereocenters. The van der Waals surface area contributed by atoms with Crippen molar-refractivity contribution in [3.05, 3.63) is 0 Å². The third kappa shape index (κ3) is 2.60. The fraction of sp³-hybridized carbons (Fsp3) is 0.962. The van der Waals surface area contributed by atoms with E-state index in [2.05, 4.69) is 20.8 Å². The number of rotatable bonds is 1. The Morgan fingerprint density at radius 3 is 2.42 bits per heavy atom. The van der Waals surface area contributed by atoms with E-state index in [1.54, 1.807) is 0 Å². The van der Waals surface area contributed by atoms with E-state index in [4.69, 9.17) is 9.47 Å². The summed E-state index contributed by atoms with van der Waals surface area (Å²) in [5.41, 5.74) is 1.48. The first kappa shape index (κ1) is 22.5. The molecular weight excluding hydrogens is 408 g/mol. The number of fused-ring (bicyclic) bond motifs is 4. The molecule has 6 fully saturated rings. The van der Waals surface area contributed by atoms with Crippen LogP contribution >= 0.6 is 13.5 Å². The lowest BCUT2D eigenvalue weighted by atomic mass is 9.46. The minimum atomic E-state index is -0.349. The number of esters is 1. The van der Waals surface area contributed by atoms with Crippen LogP contribution < -0.4 is 0 Å². The van der Waals surface area contributed by atoms with Gasteiger partial charge in [0.1, 0.15) is 0 Å². The van der Waals surface area contributed by atoms with Crippen molar-refractivity contribution >= 4 is 19.5 Å². The lowest BCUT2D eigenvalue weighted by Crippen LogP contribution is -2.54. The van der Waals surface area contributed by atoms with Gasteiger partial charge in [-0.2, -0.15) is 13.5 Å². The quantitative estimate of drug-likeness (QED) is 0.581. The van der Waals surface area contributed by atoms with Crippen LogP contribution in [0.2, 0.25) is 0 Å². The Hall–Kier alpha value is -0.260. The molecule has 0 aromatic rings. The van der Waals surface area contributed by atoms with E-state index in [0.717, 1.165) is 37.5 Å². The smallest absolute Gasteiger partial charge is 0.334 e. The van der Waals surface area contributed by atoms with Gasteiger partial charge in [-0.05, 0) is 110 Å². The zero-order valence-electron chi connectivity index (χ0n) is 19.8. The lowest BCUT2D eigenvalue weighted by Gasteiger charge is -2.59.